The summed E-state index contributed by atoms with van der Waals surface area (Å²) in [7, 11) is 0. The van der Waals surface area contributed by atoms with Crippen molar-refractivity contribution in [3.63, 3.8) is 0 Å². The molecule has 0 amide bonds. The van der Waals surface area contributed by atoms with E-state index in [0.717, 1.165) is 28.7 Å². The van der Waals surface area contributed by atoms with Crippen molar-refractivity contribution in [1.29, 1.82) is 0 Å². The zero-order chi connectivity index (χ0) is 20.3. The first-order valence-electron chi connectivity index (χ1n) is 9.72. The predicted molar refractivity (Wildman–Crippen MR) is 118 cm³/mol. The van der Waals surface area contributed by atoms with Crippen molar-refractivity contribution in [1.82, 2.24) is 0 Å². The zero-order valence-electron chi connectivity index (χ0n) is 17.0. The Labute approximate surface area is 167 Å². The molecule has 0 saturated heterocycles. The minimum atomic E-state index is 0.103. The van der Waals surface area contributed by atoms with Crippen molar-refractivity contribution in [3.8, 4) is 11.5 Å². The van der Waals surface area contributed by atoms with Crippen molar-refractivity contribution in [2.45, 2.75) is 39.5 Å². The molecule has 3 aromatic rings. The van der Waals surface area contributed by atoms with E-state index in [0.29, 0.717) is 0 Å². The van der Waals surface area contributed by atoms with Crippen LogP contribution in [0.4, 0.5) is 0 Å². The minimum absolute atomic E-state index is 0.103. The number of phenols is 2. The third-order valence-corrected chi connectivity index (χ3v) is 5.07. The average Bonchev–Trinajstić information content (AvgIpc) is 2.67. The lowest BCUT2D eigenvalue weighted by Gasteiger charge is -2.21. The number of rotatable bonds is 4. The monoisotopic (exact) mass is 372 g/mol. The Balaban J connectivity index is 2.22. The maximum Gasteiger partial charge on any atom is 0.115 e. The van der Waals surface area contributed by atoms with E-state index in [4.69, 9.17) is 0 Å². The van der Waals surface area contributed by atoms with Crippen LogP contribution < -0.4 is 0 Å². The van der Waals surface area contributed by atoms with E-state index in [2.05, 4.69) is 52.0 Å². The van der Waals surface area contributed by atoms with E-state index in [-0.39, 0.29) is 16.9 Å². The van der Waals surface area contributed by atoms with E-state index in [1.807, 2.05) is 24.3 Å². The third kappa shape index (κ3) is 4.28. The van der Waals surface area contributed by atoms with Crippen LogP contribution in [0.2, 0.25) is 0 Å². The van der Waals surface area contributed by atoms with Gasteiger partial charge >= 0.3 is 0 Å². The van der Waals surface area contributed by atoms with E-state index in [9.17, 15) is 10.2 Å². The number of hydrogen-bond donors (Lipinski definition) is 2. The Bertz CT molecular complexity index is 955. The number of aromatic hydroxyl groups is 2. The zero-order valence-corrected chi connectivity index (χ0v) is 17.0. The van der Waals surface area contributed by atoms with Crippen LogP contribution in [0.5, 0.6) is 11.5 Å². The number of benzene rings is 3. The van der Waals surface area contributed by atoms with Gasteiger partial charge in [0, 0.05) is 0 Å². The molecule has 0 atom stereocenters. The lowest BCUT2D eigenvalue weighted by atomic mass is 9.84. The first-order chi connectivity index (χ1) is 13.3. The van der Waals surface area contributed by atoms with Gasteiger partial charge in [-0.3, -0.25) is 0 Å². The second-order valence-electron chi connectivity index (χ2n) is 8.13. The molecular formula is C26H28O2. The molecule has 144 valence electrons. The normalized spacial score (nSPS) is 12.6. The Morgan fingerprint density at radius 1 is 0.643 bits per heavy atom. The molecule has 0 aromatic heterocycles. The molecule has 2 heteroatoms. The molecule has 2 nitrogen and oxygen atoms in total. The highest BCUT2D eigenvalue weighted by Crippen LogP contribution is 2.36. The van der Waals surface area contributed by atoms with Crippen molar-refractivity contribution < 1.29 is 10.2 Å². The van der Waals surface area contributed by atoms with Gasteiger partial charge in [-0.2, -0.15) is 0 Å². The van der Waals surface area contributed by atoms with Gasteiger partial charge in [-0.05, 0) is 69.5 Å². The predicted octanol–water partition coefficient (Wildman–Crippen LogP) is 6.76. The molecular weight excluding hydrogens is 344 g/mol. The van der Waals surface area contributed by atoms with Crippen LogP contribution in [0, 0.1) is 0 Å². The van der Waals surface area contributed by atoms with Crippen LogP contribution in [0.3, 0.4) is 0 Å². The van der Waals surface area contributed by atoms with Gasteiger partial charge in [0.2, 0.25) is 0 Å². The summed E-state index contributed by atoms with van der Waals surface area (Å²) in [5.41, 5.74) is 7.04. The van der Waals surface area contributed by atoms with Gasteiger partial charge < -0.3 is 10.2 Å². The third-order valence-electron chi connectivity index (χ3n) is 5.07. The van der Waals surface area contributed by atoms with Crippen LogP contribution in [0.1, 0.15) is 56.4 Å². The van der Waals surface area contributed by atoms with Gasteiger partial charge in [-0.1, -0.05) is 76.2 Å². The summed E-state index contributed by atoms with van der Waals surface area (Å²) >= 11 is 0. The molecule has 3 rings (SSSR count). The fourth-order valence-corrected chi connectivity index (χ4v) is 3.47. The van der Waals surface area contributed by atoms with E-state index in [1.165, 1.54) is 11.1 Å². The molecule has 28 heavy (non-hydrogen) atoms. The quantitative estimate of drug-likeness (QED) is 0.496. The van der Waals surface area contributed by atoms with Gasteiger partial charge in [0.1, 0.15) is 11.5 Å². The molecule has 0 fully saturated rings. The summed E-state index contributed by atoms with van der Waals surface area (Å²) in [6.07, 6.45) is 0.849. The number of allylic oxidation sites excluding steroid dienone is 1. The highest BCUT2D eigenvalue weighted by atomic mass is 16.3. The first-order valence-corrected chi connectivity index (χ1v) is 9.72. The minimum Gasteiger partial charge on any atom is -0.508 e. The van der Waals surface area contributed by atoms with Gasteiger partial charge in [0.25, 0.3) is 0 Å². The molecule has 0 saturated carbocycles. The van der Waals surface area contributed by atoms with Crippen molar-refractivity contribution >= 4 is 11.1 Å². The van der Waals surface area contributed by atoms with Crippen molar-refractivity contribution in [2.75, 3.05) is 0 Å². The summed E-state index contributed by atoms with van der Waals surface area (Å²) in [6.45, 7) is 8.79. The first kappa shape index (κ1) is 19.8. The largest absolute Gasteiger partial charge is 0.508 e. The van der Waals surface area contributed by atoms with Crippen LogP contribution in [-0.4, -0.2) is 10.2 Å². The number of phenolic OH excluding ortho intramolecular Hbond substituents is 2. The Morgan fingerprint density at radius 2 is 1.04 bits per heavy atom. The van der Waals surface area contributed by atoms with Crippen LogP contribution in [0.15, 0.2) is 72.8 Å². The van der Waals surface area contributed by atoms with Crippen molar-refractivity contribution in [3.05, 3.63) is 95.1 Å². The van der Waals surface area contributed by atoms with Gasteiger partial charge in [0.05, 0.1) is 0 Å². The molecule has 0 heterocycles. The summed E-state index contributed by atoms with van der Waals surface area (Å²) in [6, 6.07) is 23.5. The Hall–Kier alpha value is -3.00. The molecule has 0 bridgehead atoms. The SMILES string of the molecule is CC/C(=C(\c1ccc(O)cc1)c1ccc(C(C)(C)C)cc1)c1ccc(O)cc1. The van der Waals surface area contributed by atoms with Crippen molar-refractivity contribution in [2.24, 2.45) is 0 Å². The van der Waals surface area contributed by atoms with Crippen LogP contribution in [0.25, 0.3) is 11.1 Å². The summed E-state index contributed by atoms with van der Waals surface area (Å²) in [4.78, 5) is 0. The van der Waals surface area contributed by atoms with Crippen LogP contribution >= 0.6 is 0 Å². The highest BCUT2D eigenvalue weighted by molar-refractivity contribution is 5.98. The van der Waals surface area contributed by atoms with E-state index >= 15 is 0 Å². The fourth-order valence-electron chi connectivity index (χ4n) is 3.47. The molecule has 0 aliphatic carbocycles. The standard InChI is InChI=1S/C26H28O2/c1-5-24(18-8-14-22(27)15-9-18)25(20-10-16-23(28)17-11-20)19-6-12-21(13-7-19)26(2,3)4/h6-17,27-28H,5H2,1-4H3/b25-24+. The van der Waals surface area contributed by atoms with E-state index < -0.39 is 0 Å². The molecule has 0 radical (unpaired) electrons. The van der Waals surface area contributed by atoms with E-state index in [1.54, 1.807) is 24.3 Å². The molecule has 0 aliphatic rings. The van der Waals surface area contributed by atoms with Gasteiger partial charge in [0.15, 0.2) is 0 Å². The topological polar surface area (TPSA) is 40.5 Å². The molecule has 3 aromatic carbocycles. The van der Waals surface area contributed by atoms with Crippen LogP contribution in [-0.2, 0) is 5.41 Å². The summed E-state index contributed by atoms with van der Waals surface area (Å²) < 4.78 is 0. The fraction of sp³-hybridized carbons (Fsp3) is 0.231. The van der Waals surface area contributed by atoms with Gasteiger partial charge in [-0.25, -0.2) is 0 Å². The average molecular weight is 373 g/mol. The molecule has 0 unspecified atom stereocenters. The maximum absolute atomic E-state index is 9.73. The Morgan fingerprint density at radius 3 is 1.43 bits per heavy atom. The lowest BCUT2D eigenvalue weighted by Crippen LogP contribution is -2.10. The second-order valence-corrected chi connectivity index (χ2v) is 8.13. The Kier molecular flexibility index (Phi) is 5.60. The molecule has 0 aliphatic heterocycles. The molecule has 2 N–H and O–H groups in total. The molecule has 0 spiro atoms. The highest BCUT2D eigenvalue weighted by Gasteiger charge is 2.16. The lowest BCUT2D eigenvalue weighted by molar-refractivity contribution is 0.474. The van der Waals surface area contributed by atoms with Gasteiger partial charge in [-0.15, -0.1) is 0 Å². The maximum atomic E-state index is 9.73. The smallest absolute Gasteiger partial charge is 0.115 e. The second kappa shape index (κ2) is 7.93. The summed E-state index contributed by atoms with van der Waals surface area (Å²) in [5, 5.41) is 19.4. The summed E-state index contributed by atoms with van der Waals surface area (Å²) in [5.74, 6) is 0.522. The number of hydrogen-bond acceptors (Lipinski definition) is 2.